The first kappa shape index (κ1) is 24.9. The molecule has 176 valence electrons. The fraction of sp³-hybridized carbons (Fsp3) is 0.500. The summed E-state index contributed by atoms with van der Waals surface area (Å²) >= 11 is 1.79. The summed E-state index contributed by atoms with van der Waals surface area (Å²) < 4.78 is 22.1. The number of rotatable bonds is 9. The first-order valence-corrected chi connectivity index (χ1v) is 11.6. The van der Waals surface area contributed by atoms with Crippen LogP contribution in [0.15, 0.2) is 40.7 Å². The number of fused-ring (bicyclic) bond motifs is 1. The molecule has 1 atom stereocenters. The molecule has 0 radical (unpaired) electrons. The van der Waals surface area contributed by atoms with Gasteiger partial charge in [-0.3, -0.25) is 9.89 Å². The van der Waals surface area contributed by atoms with E-state index < -0.39 is 0 Å². The molecule has 4 rings (SSSR count). The molecule has 10 heteroatoms. The number of aliphatic imine (C=N–C) groups is 1. The van der Waals surface area contributed by atoms with Crippen LogP contribution in [0.2, 0.25) is 0 Å². The minimum absolute atomic E-state index is 0. The van der Waals surface area contributed by atoms with Gasteiger partial charge in [0.1, 0.15) is 12.4 Å². The number of nitrogens with one attached hydrogen (secondary N) is 2. The van der Waals surface area contributed by atoms with Gasteiger partial charge in [-0.1, -0.05) is 6.07 Å². The molecule has 1 fully saturated rings. The summed E-state index contributed by atoms with van der Waals surface area (Å²) in [6.45, 7) is 8.41. The molecule has 1 aromatic carbocycles. The van der Waals surface area contributed by atoms with E-state index in [1.54, 1.807) is 11.3 Å². The minimum atomic E-state index is 0. The Labute approximate surface area is 210 Å². The van der Waals surface area contributed by atoms with Gasteiger partial charge >= 0.3 is 0 Å². The monoisotopic (exact) mass is 574 g/mol. The molecule has 1 saturated heterocycles. The average molecular weight is 574 g/mol. The molecule has 0 saturated carbocycles. The van der Waals surface area contributed by atoms with Crippen LogP contribution in [0.5, 0.6) is 17.2 Å². The third kappa shape index (κ3) is 6.87. The zero-order valence-electron chi connectivity index (χ0n) is 18.2. The molecule has 32 heavy (non-hydrogen) atoms. The van der Waals surface area contributed by atoms with Gasteiger partial charge in [0.05, 0.1) is 32.3 Å². The molecule has 8 nitrogen and oxygen atoms in total. The van der Waals surface area contributed by atoms with Gasteiger partial charge in [0.2, 0.25) is 6.79 Å². The summed E-state index contributed by atoms with van der Waals surface area (Å²) in [5, 5.41) is 8.82. The smallest absolute Gasteiger partial charge is 0.231 e. The maximum Gasteiger partial charge on any atom is 0.231 e. The van der Waals surface area contributed by atoms with Crippen LogP contribution in [0.4, 0.5) is 0 Å². The van der Waals surface area contributed by atoms with Gasteiger partial charge in [-0.05, 0) is 30.5 Å². The molecular formula is C22H31IN4O4S. The van der Waals surface area contributed by atoms with E-state index in [4.69, 9.17) is 23.9 Å². The molecule has 2 aliphatic heterocycles. The van der Waals surface area contributed by atoms with Gasteiger partial charge in [0.25, 0.3) is 0 Å². The van der Waals surface area contributed by atoms with Crippen LogP contribution in [0.1, 0.15) is 17.8 Å². The lowest BCUT2D eigenvalue weighted by atomic mass is 10.2. The van der Waals surface area contributed by atoms with Crippen molar-refractivity contribution in [2.75, 3.05) is 59.3 Å². The Kier molecular flexibility index (Phi) is 10.2. The molecule has 2 aliphatic rings. The predicted octanol–water partition coefficient (Wildman–Crippen LogP) is 3.10. The Morgan fingerprint density at radius 2 is 2.03 bits per heavy atom. The lowest BCUT2D eigenvalue weighted by Gasteiger charge is -2.33. The highest BCUT2D eigenvalue weighted by Gasteiger charge is 2.23. The van der Waals surface area contributed by atoms with Crippen LogP contribution >= 0.6 is 35.3 Å². The van der Waals surface area contributed by atoms with Crippen molar-refractivity contribution in [2.24, 2.45) is 4.99 Å². The van der Waals surface area contributed by atoms with Gasteiger partial charge in [0.15, 0.2) is 17.5 Å². The van der Waals surface area contributed by atoms with Crippen molar-refractivity contribution < 1.29 is 18.9 Å². The summed E-state index contributed by atoms with van der Waals surface area (Å²) in [5.74, 6) is 3.04. The van der Waals surface area contributed by atoms with Crippen LogP contribution in [0, 0.1) is 0 Å². The van der Waals surface area contributed by atoms with Crippen LogP contribution in [-0.2, 0) is 4.74 Å². The number of nitrogens with zero attached hydrogens (tertiary/aromatic N) is 2. The Bertz CT molecular complexity index is 846. The van der Waals surface area contributed by atoms with Crippen molar-refractivity contribution in [3.8, 4) is 17.2 Å². The Morgan fingerprint density at radius 1 is 1.19 bits per heavy atom. The highest BCUT2D eigenvalue weighted by Crippen LogP contribution is 2.35. The summed E-state index contributed by atoms with van der Waals surface area (Å²) in [7, 11) is 0. The SMILES string of the molecule is CCNC(=NCC(c1cccs1)N1CCOCC1)NCCOc1ccc2c(c1)OCO2.I. The largest absolute Gasteiger partial charge is 0.492 e. The molecule has 1 unspecified atom stereocenters. The first-order valence-electron chi connectivity index (χ1n) is 10.7. The lowest BCUT2D eigenvalue weighted by molar-refractivity contribution is 0.0186. The van der Waals surface area contributed by atoms with Crippen molar-refractivity contribution in [3.63, 3.8) is 0 Å². The van der Waals surface area contributed by atoms with Gasteiger partial charge in [0, 0.05) is 30.6 Å². The average Bonchev–Trinajstić information content (AvgIpc) is 3.49. The number of thiophene rings is 1. The number of hydrogen-bond acceptors (Lipinski definition) is 7. The second-order valence-electron chi connectivity index (χ2n) is 7.19. The van der Waals surface area contributed by atoms with Crippen LogP contribution in [0.25, 0.3) is 0 Å². The van der Waals surface area contributed by atoms with Gasteiger partial charge in [-0.2, -0.15) is 0 Å². The van der Waals surface area contributed by atoms with Crippen molar-refractivity contribution >= 4 is 41.3 Å². The number of halogens is 1. The molecule has 0 aliphatic carbocycles. The zero-order valence-corrected chi connectivity index (χ0v) is 21.4. The van der Waals surface area contributed by atoms with Crippen molar-refractivity contribution in [3.05, 3.63) is 40.6 Å². The Balaban J connectivity index is 0.00000289. The van der Waals surface area contributed by atoms with E-state index in [0.717, 1.165) is 56.1 Å². The van der Waals surface area contributed by atoms with Crippen LogP contribution in [0.3, 0.4) is 0 Å². The fourth-order valence-corrected chi connectivity index (χ4v) is 4.43. The van der Waals surface area contributed by atoms with E-state index in [9.17, 15) is 0 Å². The first-order chi connectivity index (χ1) is 15.3. The normalized spacial score (nSPS) is 16.8. The third-order valence-electron chi connectivity index (χ3n) is 5.13. The van der Waals surface area contributed by atoms with E-state index >= 15 is 0 Å². The topological polar surface area (TPSA) is 76.6 Å². The minimum Gasteiger partial charge on any atom is -0.492 e. The highest BCUT2D eigenvalue weighted by atomic mass is 127. The summed E-state index contributed by atoms with van der Waals surface area (Å²) in [4.78, 5) is 8.67. The Hall–Kier alpha value is -1.76. The highest BCUT2D eigenvalue weighted by molar-refractivity contribution is 14.0. The second-order valence-corrected chi connectivity index (χ2v) is 8.17. The van der Waals surface area contributed by atoms with Gasteiger partial charge in [-0.25, -0.2) is 0 Å². The van der Waals surface area contributed by atoms with Gasteiger partial charge in [-0.15, -0.1) is 35.3 Å². The van der Waals surface area contributed by atoms with Crippen LogP contribution < -0.4 is 24.8 Å². The second kappa shape index (κ2) is 13.1. The van der Waals surface area contributed by atoms with E-state index in [-0.39, 0.29) is 36.8 Å². The number of benzene rings is 1. The maximum absolute atomic E-state index is 5.84. The number of hydrogen-bond donors (Lipinski definition) is 2. The molecule has 0 amide bonds. The molecule has 0 bridgehead atoms. The number of guanidine groups is 1. The van der Waals surface area contributed by atoms with E-state index in [1.165, 1.54) is 4.88 Å². The molecule has 1 aromatic heterocycles. The quantitative estimate of drug-likeness (QED) is 0.206. The maximum atomic E-state index is 5.84. The zero-order chi connectivity index (χ0) is 21.3. The number of ether oxygens (including phenoxy) is 4. The molecule has 0 spiro atoms. The van der Waals surface area contributed by atoms with E-state index in [1.807, 2.05) is 18.2 Å². The van der Waals surface area contributed by atoms with Gasteiger partial charge < -0.3 is 29.6 Å². The Morgan fingerprint density at radius 3 is 2.81 bits per heavy atom. The molecule has 2 aromatic rings. The van der Waals surface area contributed by atoms with E-state index in [0.29, 0.717) is 19.7 Å². The number of morpholine rings is 1. The molecular weight excluding hydrogens is 543 g/mol. The lowest BCUT2D eigenvalue weighted by Crippen LogP contribution is -2.42. The summed E-state index contributed by atoms with van der Waals surface area (Å²) in [5.41, 5.74) is 0. The van der Waals surface area contributed by atoms with E-state index in [2.05, 4.69) is 40.0 Å². The summed E-state index contributed by atoms with van der Waals surface area (Å²) in [6, 6.07) is 10.2. The fourth-order valence-electron chi connectivity index (χ4n) is 3.58. The van der Waals surface area contributed by atoms with Crippen molar-refractivity contribution in [2.45, 2.75) is 13.0 Å². The predicted molar refractivity (Wildman–Crippen MR) is 137 cm³/mol. The molecule has 2 N–H and O–H groups in total. The third-order valence-corrected chi connectivity index (χ3v) is 6.11. The van der Waals surface area contributed by atoms with Crippen molar-refractivity contribution in [1.82, 2.24) is 15.5 Å². The van der Waals surface area contributed by atoms with Crippen molar-refractivity contribution in [1.29, 1.82) is 0 Å². The summed E-state index contributed by atoms with van der Waals surface area (Å²) in [6.07, 6.45) is 0. The standard InChI is InChI=1S/C22H30N4O4S.HI/c1-2-23-22(24-7-10-28-17-5-6-19-20(14-17)30-16-29-19)25-15-18(21-4-3-13-31-21)26-8-11-27-12-9-26;/h3-6,13-14,18H,2,7-12,15-16H2,1H3,(H2,23,24,25);1H. The van der Waals surface area contributed by atoms with Crippen LogP contribution in [-0.4, -0.2) is 70.2 Å². The molecule has 3 heterocycles.